The molecule has 2 heterocycles. The van der Waals surface area contributed by atoms with Crippen LogP contribution in [0.2, 0.25) is 0 Å². The Labute approximate surface area is 191 Å². The number of Topliss-reactive ketones (excluding diaryl/α,β-unsaturated/α-hetero) is 1. The van der Waals surface area contributed by atoms with Gasteiger partial charge in [-0.1, -0.05) is 12.1 Å². The number of halogens is 2. The first kappa shape index (κ1) is 22.5. The molecule has 168 valence electrons. The highest BCUT2D eigenvalue weighted by atomic mass is 32.1. The van der Waals surface area contributed by atoms with Crippen LogP contribution < -0.4 is 4.90 Å². The fourth-order valence-corrected chi connectivity index (χ4v) is 4.72. The van der Waals surface area contributed by atoms with Gasteiger partial charge in [-0.3, -0.25) is 14.4 Å². The molecule has 0 aliphatic carbocycles. The number of rotatable bonds is 5. The fourth-order valence-electron chi connectivity index (χ4n) is 3.82. The van der Waals surface area contributed by atoms with Gasteiger partial charge in [-0.05, 0) is 60.7 Å². The summed E-state index contributed by atoms with van der Waals surface area (Å²) in [5.74, 6) is -4.95. The quantitative estimate of drug-likeness (QED) is 0.435. The average molecular weight is 469 g/mol. The molecule has 0 unspecified atom stereocenters. The van der Waals surface area contributed by atoms with E-state index in [0.29, 0.717) is 10.5 Å². The van der Waals surface area contributed by atoms with E-state index in [-0.39, 0.29) is 28.0 Å². The third kappa shape index (κ3) is 3.74. The summed E-state index contributed by atoms with van der Waals surface area (Å²) >= 11 is 0.813. The molecule has 2 amide bonds. The number of thiophene rings is 1. The van der Waals surface area contributed by atoms with Crippen molar-refractivity contribution in [1.29, 1.82) is 0 Å². The normalized spacial score (nSPS) is 13.8. The number of aromatic carboxylic acids is 1. The number of hydrogen-bond donors (Lipinski definition) is 1. The van der Waals surface area contributed by atoms with Crippen molar-refractivity contribution in [2.75, 3.05) is 4.90 Å². The largest absolute Gasteiger partial charge is 0.477 e. The van der Waals surface area contributed by atoms with Crippen molar-refractivity contribution >= 4 is 40.6 Å². The summed E-state index contributed by atoms with van der Waals surface area (Å²) in [4.78, 5) is 50.9. The van der Waals surface area contributed by atoms with Gasteiger partial charge >= 0.3 is 5.97 Å². The molecule has 0 atom stereocenters. The SMILES string of the molecule is CC(C)(C(=O)c1ccc(F)c(N2C(=O)Cc3csc(C(=O)O)c3C2=O)c1)c1cccc(F)c1. The van der Waals surface area contributed by atoms with Crippen LogP contribution in [0, 0.1) is 11.6 Å². The molecule has 1 N–H and O–H groups in total. The second-order valence-corrected chi connectivity index (χ2v) is 8.99. The Morgan fingerprint density at radius 1 is 1.09 bits per heavy atom. The molecule has 3 aromatic rings. The maximum Gasteiger partial charge on any atom is 0.346 e. The molecule has 2 aromatic carbocycles. The lowest BCUT2D eigenvalue weighted by atomic mass is 9.78. The molecular weight excluding hydrogens is 452 g/mol. The van der Waals surface area contributed by atoms with E-state index in [1.807, 2.05) is 0 Å². The number of ketones is 1. The van der Waals surface area contributed by atoms with Crippen LogP contribution in [0.25, 0.3) is 0 Å². The van der Waals surface area contributed by atoms with E-state index in [9.17, 15) is 33.1 Å². The number of carboxylic acids is 1. The fraction of sp³-hybridized carbons (Fsp3) is 0.167. The number of benzene rings is 2. The van der Waals surface area contributed by atoms with Gasteiger partial charge in [0.05, 0.1) is 23.1 Å². The highest BCUT2D eigenvalue weighted by Crippen LogP contribution is 2.35. The minimum Gasteiger partial charge on any atom is -0.477 e. The summed E-state index contributed by atoms with van der Waals surface area (Å²) in [6.07, 6.45) is -0.281. The highest BCUT2D eigenvalue weighted by molar-refractivity contribution is 7.12. The number of hydrogen-bond acceptors (Lipinski definition) is 5. The first-order valence-electron chi connectivity index (χ1n) is 9.83. The zero-order chi connectivity index (χ0) is 24.1. The number of carbonyl (C=O) groups excluding carboxylic acids is 3. The number of carbonyl (C=O) groups is 4. The lowest BCUT2D eigenvalue weighted by Crippen LogP contribution is -2.43. The predicted octanol–water partition coefficient (Wildman–Crippen LogP) is 4.61. The van der Waals surface area contributed by atoms with Crippen LogP contribution >= 0.6 is 11.3 Å². The van der Waals surface area contributed by atoms with Crippen molar-refractivity contribution < 1.29 is 33.1 Å². The Morgan fingerprint density at radius 2 is 1.82 bits per heavy atom. The molecule has 0 fully saturated rings. The van der Waals surface area contributed by atoms with Gasteiger partial charge in [0.1, 0.15) is 16.5 Å². The van der Waals surface area contributed by atoms with Gasteiger partial charge in [0.15, 0.2) is 5.78 Å². The summed E-state index contributed by atoms with van der Waals surface area (Å²) in [6.45, 7) is 3.17. The second-order valence-electron chi connectivity index (χ2n) is 8.11. The van der Waals surface area contributed by atoms with Gasteiger partial charge in [0.25, 0.3) is 5.91 Å². The van der Waals surface area contributed by atoms with Crippen molar-refractivity contribution in [2.24, 2.45) is 0 Å². The number of amides is 2. The molecule has 1 aliphatic heterocycles. The third-order valence-corrected chi connectivity index (χ3v) is 6.65. The van der Waals surface area contributed by atoms with E-state index < -0.39 is 46.3 Å². The van der Waals surface area contributed by atoms with Gasteiger partial charge in [-0.15, -0.1) is 11.3 Å². The highest BCUT2D eigenvalue weighted by Gasteiger charge is 2.39. The van der Waals surface area contributed by atoms with Crippen LogP contribution in [0.4, 0.5) is 14.5 Å². The summed E-state index contributed by atoms with van der Waals surface area (Å²) in [5, 5.41) is 10.8. The standard InChI is InChI=1S/C24H17F2NO5S/c1-24(2,14-4-3-5-15(25)10-14)21(29)12-6-7-16(26)17(8-12)27-18(28)9-13-11-33-20(23(31)32)19(13)22(27)30/h3-8,10-11H,9H2,1-2H3,(H,31,32). The van der Waals surface area contributed by atoms with Crippen LogP contribution in [-0.2, 0) is 16.6 Å². The summed E-state index contributed by atoms with van der Waals surface area (Å²) in [5.41, 5.74) is -1.12. The monoisotopic (exact) mass is 469 g/mol. The summed E-state index contributed by atoms with van der Waals surface area (Å²) in [6, 6.07) is 8.81. The van der Waals surface area contributed by atoms with Gasteiger partial charge < -0.3 is 5.11 Å². The van der Waals surface area contributed by atoms with Crippen molar-refractivity contribution in [3.8, 4) is 0 Å². The molecule has 0 saturated carbocycles. The van der Waals surface area contributed by atoms with Gasteiger partial charge in [0, 0.05) is 5.56 Å². The lowest BCUT2D eigenvalue weighted by Gasteiger charge is -2.27. The van der Waals surface area contributed by atoms with E-state index >= 15 is 0 Å². The van der Waals surface area contributed by atoms with E-state index in [4.69, 9.17) is 0 Å². The predicted molar refractivity (Wildman–Crippen MR) is 117 cm³/mol. The third-order valence-electron chi connectivity index (χ3n) is 5.63. The van der Waals surface area contributed by atoms with E-state index in [2.05, 4.69) is 0 Å². The zero-order valence-electron chi connectivity index (χ0n) is 17.5. The smallest absolute Gasteiger partial charge is 0.346 e. The lowest BCUT2D eigenvalue weighted by molar-refractivity contribution is -0.117. The first-order valence-corrected chi connectivity index (χ1v) is 10.7. The maximum atomic E-state index is 14.8. The topological polar surface area (TPSA) is 91.8 Å². The van der Waals surface area contributed by atoms with Crippen LogP contribution in [0.5, 0.6) is 0 Å². The van der Waals surface area contributed by atoms with Crippen molar-refractivity contribution in [1.82, 2.24) is 0 Å². The zero-order valence-corrected chi connectivity index (χ0v) is 18.3. The summed E-state index contributed by atoms with van der Waals surface area (Å²) in [7, 11) is 0. The minimum atomic E-state index is -1.33. The van der Waals surface area contributed by atoms with E-state index in [1.54, 1.807) is 19.9 Å². The molecule has 9 heteroatoms. The van der Waals surface area contributed by atoms with Crippen LogP contribution in [0.3, 0.4) is 0 Å². The number of nitrogens with zero attached hydrogens (tertiary/aromatic N) is 1. The van der Waals surface area contributed by atoms with Gasteiger partial charge in [-0.25, -0.2) is 18.5 Å². The van der Waals surface area contributed by atoms with Crippen LogP contribution in [0.1, 0.15) is 55.4 Å². The Morgan fingerprint density at radius 3 is 2.48 bits per heavy atom. The molecule has 6 nitrogen and oxygen atoms in total. The maximum absolute atomic E-state index is 14.8. The minimum absolute atomic E-state index is 0.0100. The molecule has 4 rings (SSSR count). The average Bonchev–Trinajstić information content (AvgIpc) is 3.19. The van der Waals surface area contributed by atoms with Crippen LogP contribution in [-0.4, -0.2) is 28.7 Å². The van der Waals surface area contributed by atoms with Crippen LogP contribution in [0.15, 0.2) is 47.8 Å². The first-order chi connectivity index (χ1) is 15.5. The summed E-state index contributed by atoms with van der Waals surface area (Å²) < 4.78 is 28.5. The van der Waals surface area contributed by atoms with Gasteiger partial charge in [-0.2, -0.15) is 0 Å². The second kappa shape index (κ2) is 8.00. The number of anilines is 1. The van der Waals surface area contributed by atoms with Crippen molar-refractivity contribution in [2.45, 2.75) is 25.7 Å². The number of fused-ring (bicyclic) bond motifs is 1. The molecular formula is C24H17F2NO5S. The van der Waals surface area contributed by atoms with Crippen molar-refractivity contribution in [3.05, 3.63) is 86.6 Å². The Hall–Kier alpha value is -3.72. The molecule has 33 heavy (non-hydrogen) atoms. The van der Waals surface area contributed by atoms with E-state index in [1.165, 1.54) is 29.6 Å². The Kier molecular flexibility index (Phi) is 5.45. The molecule has 0 radical (unpaired) electrons. The number of imide groups is 1. The Bertz CT molecular complexity index is 1340. The van der Waals surface area contributed by atoms with E-state index in [0.717, 1.165) is 23.5 Å². The molecule has 1 aliphatic rings. The van der Waals surface area contributed by atoms with Gasteiger partial charge in [0.2, 0.25) is 5.91 Å². The Balaban J connectivity index is 1.77. The molecule has 0 saturated heterocycles. The molecule has 0 spiro atoms. The molecule has 0 bridgehead atoms. The number of carboxylic acid groups (broad SMARTS) is 1. The van der Waals surface area contributed by atoms with Crippen molar-refractivity contribution in [3.63, 3.8) is 0 Å². The molecule has 1 aromatic heterocycles.